The van der Waals surface area contributed by atoms with Crippen LogP contribution in [0.1, 0.15) is 56.5 Å². The van der Waals surface area contributed by atoms with Crippen molar-refractivity contribution in [2.75, 3.05) is 0 Å². The van der Waals surface area contributed by atoms with Crippen molar-refractivity contribution < 1.29 is 4.79 Å². The molecular formula is C16H23BrO. The summed E-state index contributed by atoms with van der Waals surface area (Å²) < 4.78 is 1.06. The second kappa shape index (κ2) is 6.01. The van der Waals surface area contributed by atoms with Gasteiger partial charge >= 0.3 is 0 Å². The third kappa shape index (κ3) is 4.93. The summed E-state index contributed by atoms with van der Waals surface area (Å²) in [5.74, 6) is 0.684. The quantitative estimate of drug-likeness (QED) is 0.680. The van der Waals surface area contributed by atoms with Crippen molar-refractivity contribution in [3.63, 3.8) is 0 Å². The lowest BCUT2D eigenvalue weighted by Gasteiger charge is -2.22. The molecule has 1 unspecified atom stereocenters. The standard InChI is InChI=1S/C16H23BrO/c1-11(10-16(3,4)5)8-15(18)13-6-7-14(17)12(2)9-13/h6-7,9,11H,8,10H2,1-5H3. The van der Waals surface area contributed by atoms with Crippen molar-refractivity contribution >= 4 is 21.7 Å². The molecule has 0 N–H and O–H groups in total. The number of halogens is 1. The SMILES string of the molecule is Cc1cc(C(=O)CC(C)CC(C)(C)C)ccc1Br. The summed E-state index contributed by atoms with van der Waals surface area (Å²) in [7, 11) is 0. The van der Waals surface area contributed by atoms with E-state index in [9.17, 15) is 4.79 Å². The minimum absolute atomic E-state index is 0.252. The van der Waals surface area contributed by atoms with Gasteiger partial charge in [0.15, 0.2) is 5.78 Å². The van der Waals surface area contributed by atoms with Gasteiger partial charge in [0, 0.05) is 16.5 Å². The van der Waals surface area contributed by atoms with E-state index in [0.29, 0.717) is 12.3 Å². The zero-order chi connectivity index (χ0) is 13.9. The molecule has 100 valence electrons. The second-order valence-electron chi connectivity index (χ2n) is 6.46. The third-order valence-electron chi connectivity index (χ3n) is 2.97. The average Bonchev–Trinajstić information content (AvgIpc) is 2.18. The zero-order valence-corrected chi connectivity index (χ0v) is 13.6. The van der Waals surface area contributed by atoms with Gasteiger partial charge < -0.3 is 0 Å². The monoisotopic (exact) mass is 310 g/mol. The normalized spacial score (nSPS) is 13.4. The topological polar surface area (TPSA) is 17.1 Å². The van der Waals surface area contributed by atoms with Crippen LogP contribution in [0.5, 0.6) is 0 Å². The minimum atomic E-state index is 0.252. The Morgan fingerprint density at radius 3 is 2.44 bits per heavy atom. The van der Waals surface area contributed by atoms with Crippen LogP contribution in [0.4, 0.5) is 0 Å². The maximum absolute atomic E-state index is 12.2. The van der Waals surface area contributed by atoms with E-state index in [2.05, 4.69) is 43.6 Å². The number of Topliss-reactive ketones (excluding diaryl/α,β-unsaturated/α-hetero) is 1. The first-order chi connectivity index (χ1) is 8.19. The van der Waals surface area contributed by atoms with Crippen molar-refractivity contribution in [2.45, 2.75) is 47.5 Å². The molecular weight excluding hydrogens is 288 g/mol. The van der Waals surface area contributed by atoms with Crippen molar-refractivity contribution in [1.29, 1.82) is 0 Å². The van der Waals surface area contributed by atoms with Gasteiger partial charge in [-0.25, -0.2) is 0 Å². The molecule has 2 heteroatoms. The van der Waals surface area contributed by atoms with E-state index in [1.54, 1.807) is 0 Å². The number of aryl methyl sites for hydroxylation is 1. The van der Waals surface area contributed by atoms with Gasteiger partial charge in [-0.15, -0.1) is 0 Å². The van der Waals surface area contributed by atoms with Gasteiger partial charge in [0.1, 0.15) is 0 Å². The van der Waals surface area contributed by atoms with Crippen molar-refractivity contribution in [3.8, 4) is 0 Å². The van der Waals surface area contributed by atoms with Crippen LogP contribution in [0.2, 0.25) is 0 Å². The molecule has 0 radical (unpaired) electrons. The average molecular weight is 311 g/mol. The predicted octanol–water partition coefficient (Wildman–Crippen LogP) is 5.40. The van der Waals surface area contributed by atoms with Gasteiger partial charge in [-0.1, -0.05) is 49.7 Å². The Hall–Kier alpha value is -0.630. The first-order valence-corrected chi connectivity index (χ1v) is 7.28. The molecule has 0 bridgehead atoms. The molecule has 1 rings (SSSR count). The van der Waals surface area contributed by atoms with Crippen molar-refractivity contribution in [1.82, 2.24) is 0 Å². The highest BCUT2D eigenvalue weighted by molar-refractivity contribution is 9.10. The number of rotatable bonds is 4. The Kier molecular flexibility index (Phi) is 5.15. The lowest BCUT2D eigenvalue weighted by Crippen LogP contribution is -2.14. The first-order valence-electron chi connectivity index (χ1n) is 6.48. The van der Waals surface area contributed by atoms with Crippen LogP contribution in [0, 0.1) is 18.3 Å². The number of benzene rings is 1. The fraction of sp³-hybridized carbons (Fsp3) is 0.562. The highest BCUT2D eigenvalue weighted by Crippen LogP contribution is 2.27. The van der Waals surface area contributed by atoms with Crippen LogP contribution in [0.3, 0.4) is 0 Å². The van der Waals surface area contributed by atoms with Crippen LogP contribution in [0.15, 0.2) is 22.7 Å². The van der Waals surface area contributed by atoms with Crippen LogP contribution in [0.25, 0.3) is 0 Å². The van der Waals surface area contributed by atoms with Crippen LogP contribution in [-0.2, 0) is 0 Å². The van der Waals surface area contributed by atoms with Gasteiger partial charge in [-0.3, -0.25) is 4.79 Å². The van der Waals surface area contributed by atoms with Crippen LogP contribution < -0.4 is 0 Å². The number of carbonyl (C=O) groups is 1. The summed E-state index contributed by atoms with van der Waals surface area (Å²) >= 11 is 3.46. The molecule has 0 aromatic heterocycles. The Bertz CT molecular complexity index is 429. The highest BCUT2D eigenvalue weighted by Gasteiger charge is 2.18. The number of hydrogen-bond donors (Lipinski definition) is 0. The fourth-order valence-electron chi connectivity index (χ4n) is 2.37. The maximum atomic E-state index is 12.2. The Morgan fingerprint density at radius 1 is 1.33 bits per heavy atom. The lowest BCUT2D eigenvalue weighted by atomic mass is 9.83. The van der Waals surface area contributed by atoms with E-state index in [-0.39, 0.29) is 11.2 Å². The molecule has 1 aromatic carbocycles. The second-order valence-corrected chi connectivity index (χ2v) is 7.32. The molecule has 0 fully saturated rings. The molecule has 0 saturated carbocycles. The summed E-state index contributed by atoms with van der Waals surface area (Å²) in [5.41, 5.74) is 2.23. The molecule has 0 aliphatic carbocycles. The molecule has 0 spiro atoms. The van der Waals surface area contributed by atoms with Crippen molar-refractivity contribution in [2.24, 2.45) is 11.3 Å². The summed E-state index contributed by atoms with van der Waals surface area (Å²) in [6, 6.07) is 5.83. The Balaban J connectivity index is 2.68. The van der Waals surface area contributed by atoms with Crippen LogP contribution >= 0.6 is 15.9 Å². The molecule has 18 heavy (non-hydrogen) atoms. The van der Waals surface area contributed by atoms with E-state index < -0.39 is 0 Å². The molecule has 1 atom stereocenters. The summed E-state index contributed by atoms with van der Waals surface area (Å²) in [6.07, 6.45) is 1.71. The molecule has 1 nitrogen and oxygen atoms in total. The van der Waals surface area contributed by atoms with Gasteiger partial charge in [-0.2, -0.15) is 0 Å². The number of carbonyl (C=O) groups excluding carboxylic acids is 1. The van der Waals surface area contributed by atoms with E-state index >= 15 is 0 Å². The maximum Gasteiger partial charge on any atom is 0.163 e. The smallest absolute Gasteiger partial charge is 0.163 e. The summed E-state index contributed by atoms with van der Waals surface area (Å²) in [4.78, 5) is 12.2. The lowest BCUT2D eigenvalue weighted by molar-refractivity contribution is 0.0954. The third-order valence-corrected chi connectivity index (χ3v) is 3.86. The van der Waals surface area contributed by atoms with Gasteiger partial charge in [-0.05, 0) is 42.4 Å². The van der Waals surface area contributed by atoms with Crippen LogP contribution in [-0.4, -0.2) is 5.78 Å². The van der Waals surface area contributed by atoms with E-state index in [4.69, 9.17) is 0 Å². The Morgan fingerprint density at radius 2 is 1.94 bits per heavy atom. The highest BCUT2D eigenvalue weighted by atomic mass is 79.9. The molecule has 0 saturated heterocycles. The van der Waals surface area contributed by atoms with Crippen molar-refractivity contribution in [3.05, 3.63) is 33.8 Å². The number of hydrogen-bond acceptors (Lipinski definition) is 1. The fourth-order valence-corrected chi connectivity index (χ4v) is 2.62. The van der Waals surface area contributed by atoms with E-state index in [1.807, 2.05) is 25.1 Å². The van der Waals surface area contributed by atoms with Gasteiger partial charge in [0.05, 0.1) is 0 Å². The number of ketones is 1. The van der Waals surface area contributed by atoms with E-state index in [0.717, 1.165) is 22.0 Å². The predicted molar refractivity (Wildman–Crippen MR) is 81.1 cm³/mol. The van der Waals surface area contributed by atoms with E-state index in [1.165, 1.54) is 0 Å². The first kappa shape index (κ1) is 15.4. The molecule has 0 aliphatic heterocycles. The van der Waals surface area contributed by atoms with Gasteiger partial charge in [0.25, 0.3) is 0 Å². The summed E-state index contributed by atoms with van der Waals surface area (Å²) in [6.45, 7) is 10.8. The Labute approximate surface area is 119 Å². The zero-order valence-electron chi connectivity index (χ0n) is 12.0. The van der Waals surface area contributed by atoms with Gasteiger partial charge in [0.2, 0.25) is 0 Å². The molecule has 0 amide bonds. The molecule has 0 heterocycles. The molecule has 0 aliphatic rings. The largest absolute Gasteiger partial charge is 0.294 e. The summed E-state index contributed by atoms with van der Waals surface area (Å²) in [5, 5.41) is 0. The molecule has 1 aromatic rings. The minimum Gasteiger partial charge on any atom is -0.294 e.